The van der Waals surface area contributed by atoms with Gasteiger partial charge in [0, 0.05) is 21.4 Å². The van der Waals surface area contributed by atoms with Gasteiger partial charge in [-0.2, -0.15) is 0 Å². The lowest BCUT2D eigenvalue weighted by Crippen LogP contribution is -2.15. The Balaban J connectivity index is 1.72. The molecule has 0 saturated carbocycles. The summed E-state index contributed by atoms with van der Waals surface area (Å²) >= 11 is 7.60. The van der Waals surface area contributed by atoms with E-state index in [0.29, 0.717) is 18.2 Å². The van der Waals surface area contributed by atoms with Crippen molar-refractivity contribution in [2.24, 2.45) is 0 Å². The largest absolute Gasteiger partial charge is 0.486 e. The molecule has 20 heavy (non-hydrogen) atoms. The van der Waals surface area contributed by atoms with E-state index in [1.54, 1.807) is 17.8 Å². The third-order valence-electron chi connectivity index (χ3n) is 3.02. The zero-order valence-electron chi connectivity index (χ0n) is 10.8. The Morgan fingerprint density at radius 3 is 2.65 bits per heavy atom. The van der Waals surface area contributed by atoms with Gasteiger partial charge in [-0.1, -0.05) is 17.7 Å². The molecule has 0 bridgehead atoms. The Bertz CT molecular complexity index is 633. The molecule has 0 fully saturated rings. The van der Waals surface area contributed by atoms with Crippen LogP contribution in [0.3, 0.4) is 0 Å². The zero-order chi connectivity index (χ0) is 13.9. The average Bonchev–Trinajstić information content (AvgIpc) is 2.46. The van der Waals surface area contributed by atoms with E-state index in [-0.39, 0.29) is 0 Å². The summed E-state index contributed by atoms with van der Waals surface area (Å²) in [5.74, 6) is 2.42. The van der Waals surface area contributed by atoms with Crippen LogP contribution in [-0.2, 0) is 5.75 Å². The number of rotatable bonds is 3. The average molecular weight is 308 g/mol. The summed E-state index contributed by atoms with van der Waals surface area (Å²) < 4.78 is 11.1. The van der Waals surface area contributed by atoms with Crippen LogP contribution in [0.2, 0.25) is 5.02 Å². The van der Waals surface area contributed by atoms with Crippen LogP contribution < -0.4 is 15.2 Å². The number of nitrogen functional groups attached to an aromatic ring is 1. The minimum atomic E-state index is 0.602. The fraction of sp³-hybridized carbons (Fsp3) is 0.200. The maximum absolute atomic E-state index is 5.95. The molecule has 0 unspecified atom stereocenters. The SMILES string of the molecule is Nc1cc(Cl)ccc1CSc1ccc2c(c1)OCCO2. The van der Waals surface area contributed by atoms with E-state index in [1.807, 2.05) is 30.3 Å². The lowest BCUT2D eigenvalue weighted by atomic mass is 10.2. The molecule has 1 heterocycles. The molecule has 2 N–H and O–H groups in total. The first-order valence-corrected chi connectivity index (χ1v) is 7.65. The second kappa shape index (κ2) is 5.85. The highest BCUT2D eigenvalue weighted by Gasteiger charge is 2.12. The molecule has 2 aromatic carbocycles. The molecule has 0 spiro atoms. The second-order valence-corrected chi connectivity index (χ2v) is 5.92. The van der Waals surface area contributed by atoms with E-state index in [2.05, 4.69) is 0 Å². The summed E-state index contributed by atoms with van der Waals surface area (Å²) in [6.45, 7) is 1.21. The Morgan fingerprint density at radius 1 is 1.05 bits per heavy atom. The van der Waals surface area contributed by atoms with Gasteiger partial charge in [0.05, 0.1) is 0 Å². The predicted molar refractivity (Wildman–Crippen MR) is 82.9 cm³/mol. The summed E-state index contributed by atoms with van der Waals surface area (Å²) in [4.78, 5) is 1.13. The monoisotopic (exact) mass is 307 g/mol. The quantitative estimate of drug-likeness (QED) is 0.688. The summed E-state index contributed by atoms with van der Waals surface area (Å²) in [5, 5.41) is 0.663. The van der Waals surface area contributed by atoms with Crippen LogP contribution in [0.25, 0.3) is 0 Å². The zero-order valence-corrected chi connectivity index (χ0v) is 12.3. The Hall–Kier alpha value is -1.52. The van der Waals surface area contributed by atoms with Crippen LogP contribution >= 0.6 is 23.4 Å². The van der Waals surface area contributed by atoms with E-state index in [9.17, 15) is 0 Å². The molecule has 5 heteroatoms. The van der Waals surface area contributed by atoms with Gasteiger partial charge in [0.15, 0.2) is 11.5 Å². The molecule has 3 nitrogen and oxygen atoms in total. The van der Waals surface area contributed by atoms with E-state index in [1.165, 1.54) is 0 Å². The molecular weight excluding hydrogens is 294 g/mol. The molecule has 3 rings (SSSR count). The number of ether oxygens (including phenoxy) is 2. The highest BCUT2D eigenvalue weighted by atomic mass is 35.5. The van der Waals surface area contributed by atoms with E-state index >= 15 is 0 Å². The fourth-order valence-electron chi connectivity index (χ4n) is 1.97. The number of anilines is 1. The number of benzene rings is 2. The second-order valence-electron chi connectivity index (χ2n) is 4.44. The number of hydrogen-bond acceptors (Lipinski definition) is 4. The molecule has 0 atom stereocenters. The van der Waals surface area contributed by atoms with Gasteiger partial charge >= 0.3 is 0 Å². The van der Waals surface area contributed by atoms with Gasteiger partial charge in [0.1, 0.15) is 13.2 Å². The van der Waals surface area contributed by atoms with E-state index in [4.69, 9.17) is 26.8 Å². The highest BCUT2D eigenvalue weighted by molar-refractivity contribution is 7.98. The number of nitrogens with two attached hydrogens (primary N) is 1. The molecule has 0 aliphatic carbocycles. The number of fused-ring (bicyclic) bond motifs is 1. The molecule has 0 amide bonds. The van der Waals surface area contributed by atoms with Crippen LogP contribution in [0.1, 0.15) is 5.56 Å². The minimum absolute atomic E-state index is 0.602. The van der Waals surface area contributed by atoms with Gasteiger partial charge in [0.2, 0.25) is 0 Å². The van der Waals surface area contributed by atoms with Crippen molar-refractivity contribution in [3.8, 4) is 11.5 Å². The summed E-state index contributed by atoms with van der Waals surface area (Å²) in [6, 6.07) is 11.6. The van der Waals surface area contributed by atoms with Gasteiger partial charge in [-0.05, 0) is 35.9 Å². The van der Waals surface area contributed by atoms with Crippen molar-refractivity contribution in [1.29, 1.82) is 0 Å². The molecule has 0 aromatic heterocycles. The minimum Gasteiger partial charge on any atom is -0.486 e. The number of halogens is 1. The summed E-state index contributed by atoms with van der Waals surface area (Å²) in [5.41, 5.74) is 7.76. The molecular formula is C15H14ClNO2S. The smallest absolute Gasteiger partial charge is 0.162 e. The normalized spacial score (nSPS) is 13.2. The topological polar surface area (TPSA) is 44.5 Å². The van der Waals surface area contributed by atoms with Crippen LogP contribution in [-0.4, -0.2) is 13.2 Å². The van der Waals surface area contributed by atoms with Gasteiger partial charge in [-0.25, -0.2) is 0 Å². The summed E-state index contributed by atoms with van der Waals surface area (Å²) in [7, 11) is 0. The van der Waals surface area contributed by atoms with Crippen molar-refractivity contribution in [2.45, 2.75) is 10.6 Å². The third-order valence-corrected chi connectivity index (χ3v) is 4.29. The van der Waals surface area contributed by atoms with Gasteiger partial charge in [0.25, 0.3) is 0 Å². The number of thioether (sulfide) groups is 1. The Morgan fingerprint density at radius 2 is 1.85 bits per heavy atom. The lowest BCUT2D eigenvalue weighted by molar-refractivity contribution is 0.171. The molecule has 1 aliphatic rings. The highest BCUT2D eigenvalue weighted by Crippen LogP contribution is 2.35. The van der Waals surface area contributed by atoms with Crippen molar-refractivity contribution in [3.63, 3.8) is 0 Å². The maximum atomic E-state index is 5.95. The van der Waals surface area contributed by atoms with Crippen LogP contribution in [0.15, 0.2) is 41.3 Å². The Kier molecular flexibility index (Phi) is 3.94. The maximum Gasteiger partial charge on any atom is 0.162 e. The van der Waals surface area contributed by atoms with Crippen molar-refractivity contribution in [3.05, 3.63) is 47.0 Å². The van der Waals surface area contributed by atoms with Crippen LogP contribution in [0, 0.1) is 0 Å². The van der Waals surface area contributed by atoms with E-state index in [0.717, 1.165) is 33.4 Å². The van der Waals surface area contributed by atoms with Crippen LogP contribution in [0.4, 0.5) is 5.69 Å². The molecule has 0 saturated heterocycles. The van der Waals surface area contributed by atoms with Gasteiger partial charge < -0.3 is 15.2 Å². The summed E-state index contributed by atoms with van der Waals surface area (Å²) in [6.07, 6.45) is 0. The molecule has 0 radical (unpaired) electrons. The predicted octanol–water partition coefficient (Wildman–Crippen LogP) is 3.99. The lowest BCUT2D eigenvalue weighted by Gasteiger charge is -2.18. The first kappa shape index (κ1) is 13.5. The first-order chi connectivity index (χ1) is 9.72. The Labute approximate surface area is 127 Å². The fourth-order valence-corrected chi connectivity index (χ4v) is 3.09. The first-order valence-electron chi connectivity index (χ1n) is 6.29. The van der Waals surface area contributed by atoms with E-state index < -0.39 is 0 Å². The molecule has 1 aliphatic heterocycles. The number of hydrogen-bond donors (Lipinski definition) is 1. The van der Waals surface area contributed by atoms with Crippen LogP contribution in [0.5, 0.6) is 11.5 Å². The van der Waals surface area contributed by atoms with Gasteiger partial charge in [-0.15, -0.1) is 11.8 Å². The van der Waals surface area contributed by atoms with Crippen molar-refractivity contribution in [1.82, 2.24) is 0 Å². The third kappa shape index (κ3) is 2.97. The molecule has 2 aromatic rings. The molecule has 104 valence electrons. The van der Waals surface area contributed by atoms with Gasteiger partial charge in [-0.3, -0.25) is 0 Å². The van der Waals surface area contributed by atoms with Crippen molar-refractivity contribution < 1.29 is 9.47 Å². The standard InChI is InChI=1S/C15H14ClNO2S/c16-11-2-1-10(13(17)7-11)9-20-12-3-4-14-15(8-12)19-6-5-18-14/h1-4,7-8H,5-6,9,17H2. The van der Waals surface area contributed by atoms with Crippen molar-refractivity contribution in [2.75, 3.05) is 18.9 Å². The van der Waals surface area contributed by atoms with Crippen molar-refractivity contribution >= 4 is 29.1 Å².